The average molecular weight is 233 g/mol. The van der Waals surface area contributed by atoms with Crippen LogP contribution < -0.4 is 5.32 Å². The lowest BCUT2D eigenvalue weighted by Crippen LogP contribution is -2.22. The highest BCUT2D eigenvalue weighted by molar-refractivity contribution is 5.26. The van der Waals surface area contributed by atoms with Gasteiger partial charge in [-0.1, -0.05) is 19.1 Å². The maximum Gasteiger partial charge on any atom is 0.126 e. The molecule has 0 saturated heterocycles. The van der Waals surface area contributed by atoms with Gasteiger partial charge in [0, 0.05) is 12.5 Å². The van der Waals surface area contributed by atoms with Crippen molar-refractivity contribution in [3.8, 4) is 12.3 Å². The van der Waals surface area contributed by atoms with Crippen LogP contribution in [-0.2, 0) is 0 Å². The van der Waals surface area contributed by atoms with Crippen LogP contribution in [0, 0.1) is 25.1 Å². The van der Waals surface area contributed by atoms with Crippen molar-refractivity contribution in [3.63, 3.8) is 0 Å². The van der Waals surface area contributed by atoms with E-state index in [0.29, 0.717) is 12.0 Å². The minimum Gasteiger partial charge on any atom is -0.310 e. The quantitative estimate of drug-likeness (QED) is 0.740. The van der Waals surface area contributed by atoms with Crippen LogP contribution in [0.4, 0.5) is 4.39 Å². The Balaban J connectivity index is 2.80. The fourth-order valence-corrected chi connectivity index (χ4v) is 1.76. The predicted molar refractivity (Wildman–Crippen MR) is 70.2 cm³/mol. The Morgan fingerprint density at radius 2 is 2.24 bits per heavy atom. The molecule has 0 aliphatic heterocycles. The van der Waals surface area contributed by atoms with Crippen molar-refractivity contribution < 1.29 is 4.39 Å². The van der Waals surface area contributed by atoms with Gasteiger partial charge < -0.3 is 5.32 Å². The van der Waals surface area contributed by atoms with E-state index in [1.807, 2.05) is 12.1 Å². The number of hydrogen-bond donors (Lipinski definition) is 1. The van der Waals surface area contributed by atoms with Gasteiger partial charge in [-0.3, -0.25) is 0 Å². The molecule has 0 aliphatic carbocycles. The van der Waals surface area contributed by atoms with E-state index in [4.69, 9.17) is 6.42 Å². The first kappa shape index (κ1) is 13.7. The molecule has 0 fully saturated rings. The zero-order valence-corrected chi connectivity index (χ0v) is 10.6. The van der Waals surface area contributed by atoms with Crippen molar-refractivity contribution in [2.45, 2.75) is 39.2 Å². The summed E-state index contributed by atoms with van der Waals surface area (Å²) in [5.41, 5.74) is 1.66. The van der Waals surface area contributed by atoms with Gasteiger partial charge in [0.1, 0.15) is 5.82 Å². The van der Waals surface area contributed by atoms with Crippen molar-refractivity contribution in [3.05, 3.63) is 35.1 Å². The Morgan fingerprint density at radius 1 is 1.47 bits per heavy atom. The molecule has 17 heavy (non-hydrogen) atoms. The summed E-state index contributed by atoms with van der Waals surface area (Å²) in [5.74, 6) is 2.49. The largest absolute Gasteiger partial charge is 0.310 e. The van der Waals surface area contributed by atoms with Crippen LogP contribution in [0.1, 0.15) is 43.4 Å². The second kappa shape index (κ2) is 7.09. The van der Waals surface area contributed by atoms with Gasteiger partial charge in [0.2, 0.25) is 0 Å². The Kier molecular flexibility index (Phi) is 5.72. The minimum atomic E-state index is -0.147. The number of hydrogen-bond acceptors (Lipinski definition) is 1. The third-order valence-corrected chi connectivity index (χ3v) is 2.82. The molecular formula is C15H20FN. The number of aryl methyl sites for hydroxylation is 1. The average Bonchev–Trinajstić information content (AvgIpc) is 2.33. The second-order valence-electron chi connectivity index (χ2n) is 4.26. The third kappa shape index (κ3) is 4.20. The summed E-state index contributed by atoms with van der Waals surface area (Å²) in [4.78, 5) is 0. The molecule has 92 valence electrons. The topological polar surface area (TPSA) is 12.0 Å². The van der Waals surface area contributed by atoms with Crippen LogP contribution in [0.5, 0.6) is 0 Å². The van der Waals surface area contributed by atoms with Crippen LogP contribution in [-0.4, -0.2) is 6.54 Å². The van der Waals surface area contributed by atoms with E-state index in [2.05, 4.69) is 18.2 Å². The second-order valence-corrected chi connectivity index (χ2v) is 4.26. The minimum absolute atomic E-state index is 0.147. The Labute approximate surface area is 103 Å². The Bertz CT molecular complexity index is 392. The van der Waals surface area contributed by atoms with Gasteiger partial charge in [0.15, 0.2) is 0 Å². The van der Waals surface area contributed by atoms with Crippen LogP contribution in [0.3, 0.4) is 0 Å². The number of nitrogens with one attached hydrogen (secondary N) is 1. The van der Waals surface area contributed by atoms with Gasteiger partial charge >= 0.3 is 0 Å². The Hall–Kier alpha value is -1.33. The molecule has 1 nitrogen and oxygen atoms in total. The van der Waals surface area contributed by atoms with Crippen molar-refractivity contribution in [1.82, 2.24) is 5.32 Å². The van der Waals surface area contributed by atoms with Gasteiger partial charge in [-0.25, -0.2) is 4.39 Å². The highest BCUT2D eigenvalue weighted by atomic mass is 19.1. The first-order valence-corrected chi connectivity index (χ1v) is 6.12. The van der Waals surface area contributed by atoms with E-state index in [1.165, 1.54) is 0 Å². The molecule has 1 N–H and O–H groups in total. The van der Waals surface area contributed by atoms with E-state index >= 15 is 0 Å². The third-order valence-electron chi connectivity index (χ3n) is 2.82. The summed E-state index contributed by atoms with van der Waals surface area (Å²) in [7, 11) is 0. The molecule has 0 spiro atoms. The zero-order valence-electron chi connectivity index (χ0n) is 10.6. The van der Waals surface area contributed by atoms with Crippen LogP contribution >= 0.6 is 0 Å². The molecule has 1 unspecified atom stereocenters. The fourth-order valence-electron chi connectivity index (χ4n) is 1.76. The monoisotopic (exact) mass is 233 g/mol. The van der Waals surface area contributed by atoms with E-state index in [-0.39, 0.29) is 11.9 Å². The Morgan fingerprint density at radius 3 is 2.82 bits per heavy atom. The van der Waals surface area contributed by atoms with E-state index in [0.717, 1.165) is 24.9 Å². The fraction of sp³-hybridized carbons (Fsp3) is 0.467. The molecule has 1 rings (SSSR count). The van der Waals surface area contributed by atoms with Crippen LogP contribution in [0.25, 0.3) is 0 Å². The van der Waals surface area contributed by atoms with Crippen LogP contribution in [0.2, 0.25) is 0 Å². The lowest BCUT2D eigenvalue weighted by molar-refractivity contribution is 0.501. The van der Waals surface area contributed by atoms with Gasteiger partial charge in [-0.15, -0.1) is 12.3 Å². The lowest BCUT2D eigenvalue weighted by Gasteiger charge is -2.18. The molecule has 0 aliphatic rings. The summed E-state index contributed by atoms with van der Waals surface area (Å²) in [5, 5.41) is 3.40. The van der Waals surface area contributed by atoms with E-state index in [9.17, 15) is 4.39 Å². The summed E-state index contributed by atoms with van der Waals surface area (Å²) < 4.78 is 13.5. The van der Waals surface area contributed by atoms with Crippen LogP contribution in [0.15, 0.2) is 18.2 Å². The highest BCUT2D eigenvalue weighted by Gasteiger charge is 2.11. The van der Waals surface area contributed by atoms with E-state index in [1.54, 1.807) is 13.0 Å². The predicted octanol–water partition coefficient (Wildman–Crippen LogP) is 3.59. The van der Waals surface area contributed by atoms with Crippen molar-refractivity contribution in [2.75, 3.05) is 6.54 Å². The smallest absolute Gasteiger partial charge is 0.126 e. The molecule has 1 aromatic carbocycles. The first-order valence-electron chi connectivity index (χ1n) is 6.12. The maximum atomic E-state index is 13.5. The lowest BCUT2D eigenvalue weighted by atomic mass is 10.0. The number of benzene rings is 1. The molecule has 0 saturated carbocycles. The van der Waals surface area contributed by atoms with Gasteiger partial charge in [0.25, 0.3) is 0 Å². The van der Waals surface area contributed by atoms with Crippen molar-refractivity contribution in [2.24, 2.45) is 0 Å². The molecule has 0 amide bonds. The number of terminal acetylenes is 1. The summed E-state index contributed by atoms with van der Waals surface area (Å²) >= 11 is 0. The normalized spacial score (nSPS) is 12.1. The summed E-state index contributed by atoms with van der Waals surface area (Å²) in [6, 6.07) is 5.56. The standard InChI is InChI=1S/C15H20FN/c1-4-6-7-15(17-10-5-2)13-9-8-12(3)14(16)11-13/h1,8-9,11,15,17H,5-7,10H2,2-3H3. The highest BCUT2D eigenvalue weighted by Crippen LogP contribution is 2.20. The number of halogens is 1. The van der Waals surface area contributed by atoms with Crippen molar-refractivity contribution in [1.29, 1.82) is 0 Å². The van der Waals surface area contributed by atoms with Gasteiger partial charge in [0.05, 0.1) is 0 Å². The summed E-state index contributed by atoms with van der Waals surface area (Å²) in [6.45, 7) is 4.81. The first-order chi connectivity index (χ1) is 8.19. The molecule has 0 heterocycles. The van der Waals surface area contributed by atoms with Gasteiger partial charge in [-0.2, -0.15) is 0 Å². The van der Waals surface area contributed by atoms with Crippen molar-refractivity contribution >= 4 is 0 Å². The molecule has 0 bridgehead atoms. The zero-order chi connectivity index (χ0) is 12.7. The molecular weight excluding hydrogens is 213 g/mol. The summed E-state index contributed by atoms with van der Waals surface area (Å²) in [6.07, 6.45) is 7.89. The maximum absolute atomic E-state index is 13.5. The molecule has 0 radical (unpaired) electrons. The molecule has 0 aromatic heterocycles. The SMILES string of the molecule is C#CCCC(NCCC)c1ccc(C)c(F)c1. The molecule has 2 heteroatoms. The van der Waals surface area contributed by atoms with Gasteiger partial charge in [-0.05, 0) is 43.5 Å². The van der Waals surface area contributed by atoms with E-state index < -0.39 is 0 Å². The molecule has 1 aromatic rings. The molecule has 1 atom stereocenters. The number of rotatable bonds is 6.